The summed E-state index contributed by atoms with van der Waals surface area (Å²) in [6.45, 7) is 3.54. The van der Waals surface area contributed by atoms with Gasteiger partial charge in [-0.2, -0.15) is 0 Å². The molecule has 2 atom stereocenters. The van der Waals surface area contributed by atoms with Gasteiger partial charge in [0, 0.05) is 6.04 Å². The molecule has 5 nitrogen and oxygen atoms in total. The van der Waals surface area contributed by atoms with Gasteiger partial charge in [0.2, 0.25) is 0 Å². The van der Waals surface area contributed by atoms with Crippen LogP contribution >= 0.6 is 0 Å². The number of aryl methyl sites for hydroxylation is 1. The molecule has 144 valence electrons. The Morgan fingerprint density at radius 3 is 2.26 bits per heavy atom. The highest BCUT2D eigenvalue weighted by molar-refractivity contribution is 5.84. The maximum atomic E-state index is 12.2. The summed E-state index contributed by atoms with van der Waals surface area (Å²) in [7, 11) is 1.59. The zero-order valence-corrected chi connectivity index (χ0v) is 16.1. The van der Waals surface area contributed by atoms with Gasteiger partial charge in [-0.25, -0.2) is 0 Å². The maximum Gasteiger partial charge on any atom is 0.311 e. The Hall–Kier alpha value is -2.82. The summed E-state index contributed by atoms with van der Waals surface area (Å²) in [5.74, 6) is 0.0164. The van der Waals surface area contributed by atoms with Crippen molar-refractivity contribution in [2.24, 2.45) is 0 Å². The van der Waals surface area contributed by atoms with Crippen LogP contribution in [0.3, 0.4) is 0 Å². The summed E-state index contributed by atoms with van der Waals surface area (Å²) in [6, 6.07) is 17.3. The summed E-state index contributed by atoms with van der Waals surface area (Å²) in [4.78, 5) is 24.3. The zero-order chi connectivity index (χ0) is 19.6. The van der Waals surface area contributed by atoms with Gasteiger partial charge < -0.3 is 14.8 Å². The van der Waals surface area contributed by atoms with Gasteiger partial charge in [0.25, 0.3) is 5.91 Å². The standard InChI is InChI=1S/C22H27NO4/c1-16(9-10-18-7-5-4-6-8-18)23-22(25)17(2)27-21(24)15-19-11-13-20(26-3)14-12-19/h4-8,11-14,16-17H,9-10,15H2,1-3H3,(H,23,25)/t16-,17-/m0/s1. The normalized spacial score (nSPS) is 12.7. The molecule has 2 aromatic rings. The molecule has 0 bridgehead atoms. The van der Waals surface area contributed by atoms with E-state index in [1.54, 1.807) is 38.3 Å². The molecule has 0 saturated heterocycles. The second-order valence-electron chi connectivity index (χ2n) is 6.59. The van der Waals surface area contributed by atoms with E-state index >= 15 is 0 Å². The van der Waals surface area contributed by atoms with Crippen molar-refractivity contribution in [2.45, 2.75) is 45.3 Å². The van der Waals surface area contributed by atoms with Gasteiger partial charge in [0.1, 0.15) is 5.75 Å². The molecule has 1 amide bonds. The number of esters is 1. The minimum atomic E-state index is -0.824. The number of hydrogen-bond donors (Lipinski definition) is 1. The van der Waals surface area contributed by atoms with Crippen LogP contribution in [-0.2, 0) is 27.2 Å². The number of carbonyl (C=O) groups excluding carboxylic acids is 2. The third-order valence-corrected chi connectivity index (χ3v) is 4.28. The van der Waals surface area contributed by atoms with E-state index in [0.29, 0.717) is 0 Å². The molecule has 0 fully saturated rings. The van der Waals surface area contributed by atoms with Crippen molar-refractivity contribution in [3.05, 3.63) is 65.7 Å². The number of carbonyl (C=O) groups is 2. The van der Waals surface area contributed by atoms with Crippen molar-refractivity contribution < 1.29 is 19.1 Å². The lowest BCUT2D eigenvalue weighted by atomic mass is 10.1. The molecule has 0 spiro atoms. The lowest BCUT2D eigenvalue weighted by Crippen LogP contribution is -2.41. The molecule has 0 saturated carbocycles. The van der Waals surface area contributed by atoms with Crippen LogP contribution in [0.2, 0.25) is 0 Å². The van der Waals surface area contributed by atoms with Crippen LogP contribution < -0.4 is 10.1 Å². The highest BCUT2D eigenvalue weighted by Crippen LogP contribution is 2.12. The molecule has 1 N–H and O–H groups in total. The van der Waals surface area contributed by atoms with Crippen molar-refractivity contribution in [1.82, 2.24) is 5.32 Å². The van der Waals surface area contributed by atoms with Crippen LogP contribution in [0.4, 0.5) is 0 Å². The molecule has 0 aliphatic heterocycles. The van der Waals surface area contributed by atoms with E-state index in [0.717, 1.165) is 24.2 Å². The fourth-order valence-corrected chi connectivity index (χ4v) is 2.66. The van der Waals surface area contributed by atoms with Crippen LogP contribution in [0.1, 0.15) is 31.4 Å². The topological polar surface area (TPSA) is 64.6 Å². The van der Waals surface area contributed by atoms with E-state index < -0.39 is 12.1 Å². The van der Waals surface area contributed by atoms with Crippen molar-refractivity contribution in [1.29, 1.82) is 0 Å². The predicted molar refractivity (Wildman–Crippen MR) is 105 cm³/mol. The molecular formula is C22H27NO4. The first-order valence-corrected chi connectivity index (χ1v) is 9.14. The second kappa shape index (κ2) is 10.4. The summed E-state index contributed by atoms with van der Waals surface area (Å²) in [5.41, 5.74) is 2.04. The Balaban J connectivity index is 1.74. The summed E-state index contributed by atoms with van der Waals surface area (Å²) >= 11 is 0. The first-order chi connectivity index (χ1) is 13.0. The Kier molecular flexibility index (Phi) is 7.86. The quantitative estimate of drug-likeness (QED) is 0.689. The van der Waals surface area contributed by atoms with Gasteiger partial charge in [0.15, 0.2) is 6.10 Å². The zero-order valence-electron chi connectivity index (χ0n) is 16.1. The average molecular weight is 369 g/mol. The second-order valence-corrected chi connectivity index (χ2v) is 6.59. The van der Waals surface area contributed by atoms with E-state index in [1.807, 2.05) is 25.1 Å². The van der Waals surface area contributed by atoms with Crippen molar-refractivity contribution in [3.63, 3.8) is 0 Å². The molecule has 0 aliphatic carbocycles. The van der Waals surface area contributed by atoms with E-state index in [-0.39, 0.29) is 18.4 Å². The fourth-order valence-electron chi connectivity index (χ4n) is 2.66. The van der Waals surface area contributed by atoms with Crippen LogP contribution in [0.25, 0.3) is 0 Å². The number of hydrogen-bond acceptors (Lipinski definition) is 4. The van der Waals surface area contributed by atoms with Gasteiger partial charge in [-0.3, -0.25) is 9.59 Å². The smallest absolute Gasteiger partial charge is 0.311 e. The molecule has 2 rings (SSSR count). The maximum absolute atomic E-state index is 12.2. The number of nitrogens with one attached hydrogen (secondary N) is 1. The number of amides is 1. The van der Waals surface area contributed by atoms with Gasteiger partial charge >= 0.3 is 5.97 Å². The van der Waals surface area contributed by atoms with Gasteiger partial charge in [-0.1, -0.05) is 42.5 Å². The molecule has 5 heteroatoms. The Bertz CT molecular complexity index is 728. The van der Waals surface area contributed by atoms with Crippen molar-refractivity contribution >= 4 is 11.9 Å². The van der Waals surface area contributed by atoms with E-state index in [9.17, 15) is 9.59 Å². The lowest BCUT2D eigenvalue weighted by Gasteiger charge is -2.18. The summed E-state index contributed by atoms with van der Waals surface area (Å²) < 4.78 is 10.3. The molecule has 0 radical (unpaired) electrons. The number of ether oxygens (including phenoxy) is 2. The van der Waals surface area contributed by atoms with Gasteiger partial charge in [0.05, 0.1) is 13.5 Å². The van der Waals surface area contributed by atoms with Gasteiger partial charge in [-0.15, -0.1) is 0 Å². The highest BCUT2D eigenvalue weighted by atomic mass is 16.5. The van der Waals surface area contributed by atoms with Crippen molar-refractivity contribution in [2.75, 3.05) is 7.11 Å². The number of benzene rings is 2. The lowest BCUT2D eigenvalue weighted by molar-refractivity contribution is -0.154. The van der Waals surface area contributed by atoms with Crippen LogP contribution in [0.5, 0.6) is 5.75 Å². The summed E-state index contributed by atoms with van der Waals surface area (Å²) in [6.07, 6.45) is 0.997. The highest BCUT2D eigenvalue weighted by Gasteiger charge is 2.19. The monoisotopic (exact) mass is 369 g/mol. The average Bonchev–Trinajstić information content (AvgIpc) is 2.67. The molecule has 27 heavy (non-hydrogen) atoms. The Morgan fingerprint density at radius 2 is 1.63 bits per heavy atom. The number of methoxy groups -OCH3 is 1. The molecule has 0 heterocycles. The molecule has 2 aromatic carbocycles. The van der Waals surface area contributed by atoms with Crippen LogP contribution in [-0.4, -0.2) is 31.1 Å². The predicted octanol–water partition coefficient (Wildman–Crippen LogP) is 3.31. The first-order valence-electron chi connectivity index (χ1n) is 9.14. The SMILES string of the molecule is COc1ccc(CC(=O)O[C@@H](C)C(=O)N[C@@H](C)CCc2ccccc2)cc1. The minimum absolute atomic E-state index is 0.000413. The van der Waals surface area contributed by atoms with Crippen LogP contribution in [0, 0.1) is 0 Å². The molecule has 0 aromatic heterocycles. The third-order valence-electron chi connectivity index (χ3n) is 4.28. The Labute approximate surface area is 160 Å². The Morgan fingerprint density at radius 1 is 0.963 bits per heavy atom. The molecule has 0 aliphatic rings. The van der Waals surface area contributed by atoms with E-state index in [4.69, 9.17) is 9.47 Å². The van der Waals surface area contributed by atoms with Crippen LogP contribution in [0.15, 0.2) is 54.6 Å². The van der Waals surface area contributed by atoms with Crippen molar-refractivity contribution in [3.8, 4) is 5.75 Å². The summed E-state index contributed by atoms with van der Waals surface area (Å²) in [5, 5.41) is 2.90. The molecular weight excluding hydrogens is 342 g/mol. The molecule has 0 unspecified atom stereocenters. The first kappa shape index (κ1) is 20.5. The minimum Gasteiger partial charge on any atom is -0.497 e. The van der Waals surface area contributed by atoms with E-state index in [2.05, 4.69) is 17.4 Å². The fraction of sp³-hybridized carbons (Fsp3) is 0.364. The van der Waals surface area contributed by atoms with Gasteiger partial charge in [-0.05, 0) is 49.9 Å². The number of rotatable bonds is 9. The largest absolute Gasteiger partial charge is 0.497 e. The van der Waals surface area contributed by atoms with E-state index in [1.165, 1.54) is 5.56 Å². The third kappa shape index (κ3) is 7.13.